The quantitative estimate of drug-likeness (QED) is 0.654. The van der Waals surface area contributed by atoms with Gasteiger partial charge in [0.1, 0.15) is 0 Å². The lowest BCUT2D eigenvalue weighted by molar-refractivity contribution is -0.134. The average molecular weight is 200 g/mol. The molecular formula is C10H20N2O2. The van der Waals surface area contributed by atoms with Gasteiger partial charge in [-0.1, -0.05) is 6.42 Å². The molecule has 0 heterocycles. The number of amides is 1. The number of carbonyl (C=O) groups is 1. The van der Waals surface area contributed by atoms with Crippen LogP contribution in [0.1, 0.15) is 25.7 Å². The summed E-state index contributed by atoms with van der Waals surface area (Å²) in [4.78, 5) is 13.2. The Morgan fingerprint density at radius 2 is 2.21 bits per heavy atom. The van der Waals surface area contributed by atoms with Crippen molar-refractivity contribution in [3.8, 4) is 0 Å². The van der Waals surface area contributed by atoms with Crippen LogP contribution < -0.4 is 5.73 Å². The van der Waals surface area contributed by atoms with Crippen LogP contribution >= 0.6 is 0 Å². The summed E-state index contributed by atoms with van der Waals surface area (Å²) in [6, 6.07) is 0. The number of aliphatic hydroxyl groups excluding tert-OH is 1. The summed E-state index contributed by atoms with van der Waals surface area (Å²) < 4.78 is 0. The Morgan fingerprint density at radius 1 is 1.57 bits per heavy atom. The van der Waals surface area contributed by atoms with E-state index in [0.29, 0.717) is 19.5 Å². The van der Waals surface area contributed by atoms with E-state index in [1.807, 2.05) is 0 Å². The molecule has 0 aromatic carbocycles. The van der Waals surface area contributed by atoms with Gasteiger partial charge in [0.2, 0.25) is 5.91 Å². The van der Waals surface area contributed by atoms with Gasteiger partial charge in [-0.3, -0.25) is 4.79 Å². The van der Waals surface area contributed by atoms with Crippen LogP contribution in [0.15, 0.2) is 0 Å². The summed E-state index contributed by atoms with van der Waals surface area (Å²) in [6.07, 6.45) is 3.87. The Bertz CT molecular complexity index is 197. The molecule has 14 heavy (non-hydrogen) atoms. The summed E-state index contributed by atoms with van der Waals surface area (Å²) in [5.74, 6) is 0.101. The summed E-state index contributed by atoms with van der Waals surface area (Å²) in [5, 5.41) is 8.69. The first kappa shape index (κ1) is 11.5. The third-order valence-corrected chi connectivity index (χ3v) is 3.23. The maximum atomic E-state index is 11.7. The molecular weight excluding hydrogens is 180 g/mol. The Balaban J connectivity index is 2.38. The highest BCUT2D eigenvalue weighted by Gasteiger charge is 2.38. The minimum Gasteiger partial charge on any atom is -0.395 e. The van der Waals surface area contributed by atoms with Crippen molar-refractivity contribution in [1.82, 2.24) is 4.90 Å². The maximum absolute atomic E-state index is 11.7. The fourth-order valence-electron chi connectivity index (χ4n) is 1.86. The molecule has 0 saturated heterocycles. The average Bonchev–Trinajstić information content (AvgIpc) is 2.11. The van der Waals surface area contributed by atoms with E-state index in [9.17, 15) is 4.79 Å². The first-order chi connectivity index (χ1) is 6.63. The monoisotopic (exact) mass is 200 g/mol. The number of hydrogen-bond donors (Lipinski definition) is 2. The van der Waals surface area contributed by atoms with E-state index in [1.54, 1.807) is 11.9 Å². The molecule has 1 fully saturated rings. The fourth-order valence-corrected chi connectivity index (χ4v) is 1.86. The topological polar surface area (TPSA) is 66.6 Å². The smallest absolute Gasteiger partial charge is 0.222 e. The van der Waals surface area contributed by atoms with Crippen molar-refractivity contribution >= 4 is 5.91 Å². The molecule has 0 spiro atoms. The molecule has 0 aromatic heterocycles. The Hall–Kier alpha value is -0.610. The molecule has 0 unspecified atom stereocenters. The van der Waals surface area contributed by atoms with Gasteiger partial charge in [0.15, 0.2) is 0 Å². The first-order valence-corrected chi connectivity index (χ1v) is 5.18. The number of nitrogens with zero attached hydrogens (tertiary/aromatic N) is 1. The summed E-state index contributed by atoms with van der Waals surface area (Å²) in [6.45, 7) is 1.04. The molecule has 0 aromatic rings. The number of aliphatic hydroxyl groups is 1. The summed E-state index contributed by atoms with van der Waals surface area (Å²) in [7, 11) is 1.72. The number of nitrogens with two attached hydrogens (primary N) is 1. The SMILES string of the molecule is CN(CCO)C(=O)CC1(CN)CCC1. The molecule has 1 saturated carbocycles. The van der Waals surface area contributed by atoms with E-state index >= 15 is 0 Å². The van der Waals surface area contributed by atoms with E-state index in [2.05, 4.69) is 0 Å². The lowest BCUT2D eigenvalue weighted by Gasteiger charge is -2.41. The normalized spacial score (nSPS) is 18.8. The standard InChI is InChI=1S/C10H20N2O2/c1-12(5-6-13)9(14)7-10(8-11)3-2-4-10/h13H,2-8,11H2,1H3. The van der Waals surface area contributed by atoms with Crippen molar-refractivity contribution in [2.45, 2.75) is 25.7 Å². The van der Waals surface area contributed by atoms with Gasteiger partial charge in [0, 0.05) is 20.0 Å². The van der Waals surface area contributed by atoms with Crippen LogP contribution in [0.2, 0.25) is 0 Å². The van der Waals surface area contributed by atoms with Crippen LogP contribution in [0, 0.1) is 5.41 Å². The molecule has 4 heteroatoms. The maximum Gasteiger partial charge on any atom is 0.222 e. The van der Waals surface area contributed by atoms with Gasteiger partial charge in [0.25, 0.3) is 0 Å². The molecule has 0 aliphatic heterocycles. The van der Waals surface area contributed by atoms with Crippen molar-refractivity contribution in [1.29, 1.82) is 0 Å². The minimum atomic E-state index is 0.0257. The van der Waals surface area contributed by atoms with E-state index in [1.165, 1.54) is 6.42 Å². The fraction of sp³-hybridized carbons (Fsp3) is 0.900. The molecule has 1 aliphatic rings. The van der Waals surface area contributed by atoms with E-state index in [-0.39, 0.29) is 17.9 Å². The van der Waals surface area contributed by atoms with Gasteiger partial charge in [-0.15, -0.1) is 0 Å². The van der Waals surface area contributed by atoms with E-state index in [4.69, 9.17) is 10.8 Å². The lowest BCUT2D eigenvalue weighted by atomic mass is 9.66. The van der Waals surface area contributed by atoms with E-state index in [0.717, 1.165) is 12.8 Å². The van der Waals surface area contributed by atoms with Gasteiger partial charge < -0.3 is 15.7 Å². The zero-order valence-corrected chi connectivity index (χ0v) is 8.83. The molecule has 1 amide bonds. The number of rotatable bonds is 5. The largest absolute Gasteiger partial charge is 0.395 e. The molecule has 0 bridgehead atoms. The van der Waals surface area contributed by atoms with Gasteiger partial charge >= 0.3 is 0 Å². The van der Waals surface area contributed by atoms with Crippen LogP contribution in [-0.2, 0) is 4.79 Å². The number of carbonyl (C=O) groups excluding carboxylic acids is 1. The lowest BCUT2D eigenvalue weighted by Crippen LogP contribution is -2.42. The zero-order chi connectivity index (χ0) is 10.6. The Labute approximate surface area is 85.1 Å². The predicted octanol–water partition coefficient (Wildman–Crippen LogP) is -0.0438. The Kier molecular flexibility index (Phi) is 3.89. The highest BCUT2D eigenvalue weighted by Crippen LogP contribution is 2.43. The van der Waals surface area contributed by atoms with Gasteiger partial charge in [0.05, 0.1) is 6.61 Å². The van der Waals surface area contributed by atoms with Crippen molar-refractivity contribution in [3.05, 3.63) is 0 Å². The van der Waals surface area contributed by atoms with Crippen LogP contribution in [0.4, 0.5) is 0 Å². The van der Waals surface area contributed by atoms with E-state index < -0.39 is 0 Å². The molecule has 4 nitrogen and oxygen atoms in total. The van der Waals surface area contributed by atoms with Crippen molar-refractivity contribution < 1.29 is 9.90 Å². The molecule has 1 aliphatic carbocycles. The van der Waals surface area contributed by atoms with Gasteiger partial charge in [-0.05, 0) is 24.8 Å². The van der Waals surface area contributed by atoms with Crippen LogP contribution in [-0.4, -0.2) is 42.7 Å². The Morgan fingerprint density at radius 3 is 2.57 bits per heavy atom. The van der Waals surface area contributed by atoms with Crippen LogP contribution in [0.25, 0.3) is 0 Å². The molecule has 0 radical (unpaired) electrons. The van der Waals surface area contributed by atoms with Crippen molar-refractivity contribution in [2.75, 3.05) is 26.7 Å². The number of hydrogen-bond acceptors (Lipinski definition) is 3. The second-order valence-corrected chi connectivity index (χ2v) is 4.27. The van der Waals surface area contributed by atoms with Gasteiger partial charge in [-0.25, -0.2) is 0 Å². The zero-order valence-electron chi connectivity index (χ0n) is 8.83. The van der Waals surface area contributed by atoms with Crippen molar-refractivity contribution in [2.24, 2.45) is 11.1 Å². The highest BCUT2D eigenvalue weighted by atomic mass is 16.3. The molecule has 82 valence electrons. The van der Waals surface area contributed by atoms with Gasteiger partial charge in [-0.2, -0.15) is 0 Å². The highest BCUT2D eigenvalue weighted by molar-refractivity contribution is 5.76. The van der Waals surface area contributed by atoms with Crippen LogP contribution in [0.5, 0.6) is 0 Å². The third kappa shape index (κ3) is 2.45. The van der Waals surface area contributed by atoms with Crippen LogP contribution in [0.3, 0.4) is 0 Å². The second-order valence-electron chi connectivity index (χ2n) is 4.27. The predicted molar refractivity (Wildman–Crippen MR) is 54.7 cm³/mol. The summed E-state index contributed by atoms with van der Waals surface area (Å²) >= 11 is 0. The third-order valence-electron chi connectivity index (χ3n) is 3.23. The molecule has 0 atom stereocenters. The summed E-state index contributed by atoms with van der Waals surface area (Å²) in [5.41, 5.74) is 5.74. The van der Waals surface area contributed by atoms with Crippen molar-refractivity contribution in [3.63, 3.8) is 0 Å². The molecule has 1 rings (SSSR count). The molecule has 3 N–H and O–H groups in total. The second kappa shape index (κ2) is 4.75. The minimum absolute atomic E-state index is 0.0257. The first-order valence-electron chi connectivity index (χ1n) is 5.18. The number of likely N-dealkylation sites (N-methyl/N-ethyl adjacent to an activating group) is 1.